The SMILES string of the molecule is COCc1cccc([C@@H]2CN(C(=O)OC(C)(C)C)C[C@H]2C(=O)O)c1. The van der Waals surface area contributed by atoms with Gasteiger partial charge in [-0.15, -0.1) is 0 Å². The number of rotatable bonds is 4. The Morgan fingerprint density at radius 2 is 2.00 bits per heavy atom. The van der Waals surface area contributed by atoms with E-state index in [4.69, 9.17) is 9.47 Å². The number of ether oxygens (including phenoxy) is 2. The van der Waals surface area contributed by atoms with E-state index in [1.54, 1.807) is 27.9 Å². The van der Waals surface area contributed by atoms with Crippen LogP contribution < -0.4 is 0 Å². The average Bonchev–Trinajstić information content (AvgIpc) is 2.91. The number of likely N-dealkylation sites (tertiary alicyclic amines) is 1. The van der Waals surface area contributed by atoms with Crippen LogP contribution in [0.5, 0.6) is 0 Å². The number of carbonyl (C=O) groups is 2. The lowest BCUT2D eigenvalue weighted by Crippen LogP contribution is -2.35. The maximum atomic E-state index is 12.3. The van der Waals surface area contributed by atoms with E-state index in [9.17, 15) is 14.7 Å². The third kappa shape index (κ3) is 4.47. The van der Waals surface area contributed by atoms with Gasteiger partial charge >= 0.3 is 12.1 Å². The van der Waals surface area contributed by atoms with E-state index in [0.717, 1.165) is 11.1 Å². The number of carboxylic acids is 1. The number of hydrogen-bond donors (Lipinski definition) is 1. The summed E-state index contributed by atoms with van der Waals surface area (Å²) in [5.41, 5.74) is 1.28. The molecule has 6 nitrogen and oxygen atoms in total. The van der Waals surface area contributed by atoms with Crippen molar-refractivity contribution in [3.8, 4) is 0 Å². The normalized spacial score (nSPS) is 20.9. The second-order valence-electron chi connectivity index (χ2n) is 7.11. The molecule has 1 aliphatic rings. The van der Waals surface area contributed by atoms with Gasteiger partial charge in [-0.1, -0.05) is 24.3 Å². The van der Waals surface area contributed by atoms with Crippen molar-refractivity contribution < 1.29 is 24.2 Å². The molecule has 0 aliphatic carbocycles. The Kier molecular flexibility index (Phi) is 5.49. The summed E-state index contributed by atoms with van der Waals surface area (Å²) < 4.78 is 10.5. The van der Waals surface area contributed by atoms with E-state index in [2.05, 4.69) is 0 Å². The summed E-state index contributed by atoms with van der Waals surface area (Å²) in [6.07, 6.45) is -0.468. The van der Waals surface area contributed by atoms with Crippen molar-refractivity contribution in [1.82, 2.24) is 4.90 Å². The maximum Gasteiger partial charge on any atom is 0.410 e. The van der Waals surface area contributed by atoms with Crippen LogP contribution in [0.4, 0.5) is 4.79 Å². The van der Waals surface area contributed by atoms with E-state index >= 15 is 0 Å². The Labute approximate surface area is 142 Å². The lowest BCUT2D eigenvalue weighted by molar-refractivity contribution is -0.141. The minimum atomic E-state index is -0.900. The molecule has 1 N–H and O–H groups in total. The molecule has 0 bridgehead atoms. The molecule has 1 aliphatic heterocycles. The Bertz CT molecular complexity index is 608. The van der Waals surface area contributed by atoms with E-state index < -0.39 is 23.6 Å². The summed E-state index contributed by atoms with van der Waals surface area (Å²) in [6.45, 7) is 6.34. The molecule has 2 rings (SSSR count). The first-order valence-electron chi connectivity index (χ1n) is 8.00. The van der Waals surface area contributed by atoms with Crippen LogP contribution >= 0.6 is 0 Å². The number of aliphatic carboxylic acids is 1. The second kappa shape index (κ2) is 7.21. The van der Waals surface area contributed by atoms with Gasteiger partial charge in [-0.3, -0.25) is 4.79 Å². The van der Waals surface area contributed by atoms with Crippen molar-refractivity contribution in [2.75, 3.05) is 20.2 Å². The highest BCUT2D eigenvalue weighted by Gasteiger charge is 2.41. The fraction of sp³-hybridized carbons (Fsp3) is 0.556. The third-order valence-corrected chi connectivity index (χ3v) is 3.98. The molecule has 0 unspecified atom stereocenters. The molecule has 2 atom stereocenters. The van der Waals surface area contributed by atoms with Gasteiger partial charge in [0.25, 0.3) is 0 Å². The molecule has 0 spiro atoms. The summed E-state index contributed by atoms with van der Waals surface area (Å²) in [4.78, 5) is 25.4. The number of methoxy groups -OCH3 is 1. The monoisotopic (exact) mass is 335 g/mol. The zero-order chi connectivity index (χ0) is 17.9. The van der Waals surface area contributed by atoms with Crippen molar-refractivity contribution in [3.63, 3.8) is 0 Å². The molecule has 0 saturated carbocycles. The molecule has 1 amide bonds. The number of benzene rings is 1. The summed E-state index contributed by atoms with van der Waals surface area (Å²) in [6, 6.07) is 7.67. The summed E-state index contributed by atoms with van der Waals surface area (Å²) in [7, 11) is 1.62. The highest BCUT2D eigenvalue weighted by molar-refractivity contribution is 5.76. The van der Waals surface area contributed by atoms with Crippen LogP contribution in [0, 0.1) is 5.92 Å². The predicted molar refractivity (Wildman–Crippen MR) is 88.8 cm³/mol. The standard InChI is InChI=1S/C18H25NO5/c1-18(2,3)24-17(22)19-9-14(15(10-19)16(20)21)13-7-5-6-12(8-13)11-23-4/h5-8,14-15H,9-11H2,1-4H3,(H,20,21)/t14-,15+/m0/s1. The highest BCUT2D eigenvalue weighted by atomic mass is 16.6. The fourth-order valence-electron chi connectivity index (χ4n) is 2.95. The number of carboxylic acid groups (broad SMARTS) is 1. The quantitative estimate of drug-likeness (QED) is 0.915. The zero-order valence-electron chi connectivity index (χ0n) is 14.6. The minimum absolute atomic E-state index is 0.156. The molecule has 132 valence electrons. The molecule has 6 heteroatoms. The smallest absolute Gasteiger partial charge is 0.410 e. The molecular formula is C18H25NO5. The van der Waals surface area contributed by atoms with E-state index in [0.29, 0.717) is 13.2 Å². The maximum absolute atomic E-state index is 12.3. The first-order valence-corrected chi connectivity index (χ1v) is 8.00. The molecule has 0 radical (unpaired) electrons. The van der Waals surface area contributed by atoms with Gasteiger partial charge in [0.2, 0.25) is 0 Å². The highest BCUT2D eigenvalue weighted by Crippen LogP contribution is 2.34. The van der Waals surface area contributed by atoms with Gasteiger partial charge in [-0.05, 0) is 31.9 Å². The third-order valence-electron chi connectivity index (χ3n) is 3.98. The van der Waals surface area contributed by atoms with Crippen LogP contribution in [-0.2, 0) is 20.9 Å². The van der Waals surface area contributed by atoms with Crippen LogP contribution in [0.2, 0.25) is 0 Å². The molecule has 1 saturated heterocycles. The van der Waals surface area contributed by atoms with Crippen LogP contribution in [0.1, 0.15) is 37.8 Å². The molecule has 24 heavy (non-hydrogen) atoms. The number of nitrogens with zero attached hydrogens (tertiary/aromatic N) is 1. The summed E-state index contributed by atoms with van der Waals surface area (Å²) in [5, 5.41) is 9.55. The molecule has 0 aromatic heterocycles. The molecule has 1 aromatic carbocycles. The largest absolute Gasteiger partial charge is 0.481 e. The van der Waals surface area contributed by atoms with Crippen molar-refractivity contribution in [3.05, 3.63) is 35.4 Å². The lowest BCUT2D eigenvalue weighted by atomic mass is 9.88. The van der Waals surface area contributed by atoms with Crippen molar-refractivity contribution in [2.45, 2.75) is 38.9 Å². The minimum Gasteiger partial charge on any atom is -0.481 e. The summed E-state index contributed by atoms with van der Waals surface area (Å²) in [5.74, 6) is -1.80. The van der Waals surface area contributed by atoms with Gasteiger partial charge in [-0.25, -0.2) is 4.79 Å². The lowest BCUT2D eigenvalue weighted by Gasteiger charge is -2.24. The Morgan fingerprint density at radius 3 is 2.58 bits per heavy atom. The Hall–Kier alpha value is -2.08. The topological polar surface area (TPSA) is 76.1 Å². The van der Waals surface area contributed by atoms with Crippen molar-refractivity contribution in [1.29, 1.82) is 0 Å². The second-order valence-corrected chi connectivity index (χ2v) is 7.11. The van der Waals surface area contributed by atoms with E-state index in [-0.39, 0.29) is 12.5 Å². The van der Waals surface area contributed by atoms with Gasteiger partial charge in [-0.2, -0.15) is 0 Å². The number of amides is 1. The van der Waals surface area contributed by atoms with Crippen LogP contribution in [0.25, 0.3) is 0 Å². The van der Waals surface area contributed by atoms with Gasteiger partial charge < -0.3 is 19.5 Å². The number of carbonyl (C=O) groups excluding carboxylic acids is 1. The van der Waals surface area contributed by atoms with Crippen molar-refractivity contribution in [2.24, 2.45) is 5.92 Å². The Balaban J connectivity index is 2.20. The van der Waals surface area contributed by atoms with E-state index in [1.807, 2.05) is 24.3 Å². The fourth-order valence-corrected chi connectivity index (χ4v) is 2.95. The van der Waals surface area contributed by atoms with Gasteiger partial charge in [0, 0.05) is 26.1 Å². The average molecular weight is 335 g/mol. The van der Waals surface area contributed by atoms with Crippen LogP contribution in [0.15, 0.2) is 24.3 Å². The predicted octanol–water partition coefficient (Wildman–Crippen LogP) is 2.87. The zero-order valence-corrected chi connectivity index (χ0v) is 14.6. The molecule has 1 aromatic rings. The Morgan fingerprint density at radius 1 is 1.29 bits per heavy atom. The number of hydrogen-bond acceptors (Lipinski definition) is 4. The van der Waals surface area contributed by atoms with Gasteiger partial charge in [0.15, 0.2) is 0 Å². The molecular weight excluding hydrogens is 310 g/mol. The summed E-state index contributed by atoms with van der Waals surface area (Å²) >= 11 is 0. The van der Waals surface area contributed by atoms with Crippen molar-refractivity contribution >= 4 is 12.1 Å². The van der Waals surface area contributed by atoms with Gasteiger partial charge in [0.05, 0.1) is 12.5 Å². The first-order chi connectivity index (χ1) is 11.2. The molecule has 1 heterocycles. The first kappa shape index (κ1) is 18.3. The molecule has 1 fully saturated rings. The van der Waals surface area contributed by atoms with Crippen LogP contribution in [-0.4, -0.2) is 47.9 Å². The van der Waals surface area contributed by atoms with Gasteiger partial charge in [0.1, 0.15) is 5.60 Å². The van der Waals surface area contributed by atoms with Crippen LogP contribution in [0.3, 0.4) is 0 Å². The van der Waals surface area contributed by atoms with E-state index in [1.165, 1.54) is 4.90 Å².